The molecule has 0 aliphatic heterocycles. The molecule has 2 fully saturated rings. The molecule has 0 aromatic heterocycles. The van der Waals surface area contributed by atoms with Crippen molar-refractivity contribution in [3.63, 3.8) is 0 Å². The zero-order chi connectivity index (χ0) is 15.5. The number of carbonyl (C=O) groups excluding carboxylic acids is 1. The van der Waals surface area contributed by atoms with Crippen LogP contribution in [0.2, 0.25) is 0 Å². The summed E-state index contributed by atoms with van der Waals surface area (Å²) in [6.07, 6.45) is 5.06. The van der Waals surface area contributed by atoms with Crippen LogP contribution in [0, 0.1) is 22.0 Å². The summed E-state index contributed by atoms with van der Waals surface area (Å²) in [7, 11) is 0. The average Bonchev–Trinajstić information content (AvgIpc) is 3.10. The zero-order valence-corrected chi connectivity index (χ0v) is 13.2. The van der Waals surface area contributed by atoms with E-state index in [0.717, 1.165) is 17.9 Å². The van der Waals surface area contributed by atoms with E-state index < -0.39 is 4.92 Å². The van der Waals surface area contributed by atoms with E-state index in [1.807, 2.05) is 0 Å². The van der Waals surface area contributed by atoms with Gasteiger partial charge >= 0.3 is 0 Å². The van der Waals surface area contributed by atoms with Gasteiger partial charge in [0.15, 0.2) is 0 Å². The molecule has 2 bridgehead atoms. The molecule has 1 aromatic carbocycles. The Hall–Kier alpha value is -1.56. The number of benzene rings is 1. The molecule has 5 nitrogen and oxygen atoms in total. The normalized spacial score (nSPS) is 26.1. The number of hydrogen-bond donors (Lipinski definition) is 1. The average molecular weight is 320 g/mol. The molecule has 6 heteroatoms. The summed E-state index contributed by atoms with van der Waals surface area (Å²) < 4.78 is 0. The largest absolute Gasteiger partial charge is 0.352 e. The molecule has 0 radical (unpaired) electrons. The molecule has 2 aliphatic rings. The van der Waals surface area contributed by atoms with Crippen LogP contribution in [0.4, 0.5) is 5.69 Å². The Morgan fingerprint density at radius 3 is 2.64 bits per heavy atom. The zero-order valence-electron chi connectivity index (χ0n) is 12.4. The minimum atomic E-state index is -0.403. The Morgan fingerprint density at radius 1 is 1.27 bits per heavy atom. The molecule has 0 spiro atoms. The summed E-state index contributed by atoms with van der Waals surface area (Å²) in [5.41, 5.74) is 1.10. The Kier molecular flexibility index (Phi) is 4.66. The lowest BCUT2D eigenvalue weighted by Crippen LogP contribution is -2.39. The minimum absolute atomic E-state index is 0.0998. The van der Waals surface area contributed by atoms with Gasteiger partial charge in [-0.3, -0.25) is 14.9 Å². The third-order valence-electron chi connectivity index (χ3n) is 4.73. The van der Waals surface area contributed by atoms with E-state index in [4.69, 9.17) is 0 Å². The van der Waals surface area contributed by atoms with E-state index in [9.17, 15) is 14.9 Å². The smallest absolute Gasteiger partial charge is 0.269 e. The van der Waals surface area contributed by atoms with Gasteiger partial charge in [0.1, 0.15) is 0 Å². The van der Waals surface area contributed by atoms with Gasteiger partial charge in [-0.1, -0.05) is 18.6 Å². The highest BCUT2D eigenvalue weighted by Gasteiger charge is 2.39. The van der Waals surface area contributed by atoms with Gasteiger partial charge in [0, 0.05) is 23.9 Å². The molecule has 2 aliphatic carbocycles. The van der Waals surface area contributed by atoms with Crippen molar-refractivity contribution >= 4 is 23.4 Å². The van der Waals surface area contributed by atoms with Crippen molar-refractivity contribution in [2.24, 2.45) is 11.8 Å². The summed E-state index contributed by atoms with van der Waals surface area (Å²) in [5.74, 6) is 2.80. The number of nitro benzene ring substituents is 1. The van der Waals surface area contributed by atoms with E-state index in [-0.39, 0.29) is 11.6 Å². The van der Waals surface area contributed by atoms with Gasteiger partial charge < -0.3 is 5.32 Å². The lowest BCUT2D eigenvalue weighted by Gasteiger charge is -2.22. The molecular formula is C16H20N2O3S. The summed E-state index contributed by atoms with van der Waals surface area (Å²) in [6, 6.07) is 6.90. The highest BCUT2D eigenvalue weighted by molar-refractivity contribution is 7.99. The van der Waals surface area contributed by atoms with E-state index >= 15 is 0 Å². The van der Waals surface area contributed by atoms with E-state index in [2.05, 4.69) is 5.32 Å². The van der Waals surface area contributed by atoms with Crippen LogP contribution in [-0.4, -0.2) is 22.6 Å². The molecular weight excluding hydrogens is 300 g/mol. The van der Waals surface area contributed by atoms with Crippen molar-refractivity contribution in [1.29, 1.82) is 0 Å². The quantitative estimate of drug-likeness (QED) is 0.645. The lowest BCUT2D eigenvalue weighted by molar-refractivity contribution is -0.384. The number of nitrogens with one attached hydrogen (secondary N) is 1. The van der Waals surface area contributed by atoms with E-state index in [1.54, 1.807) is 23.9 Å². The van der Waals surface area contributed by atoms with E-state index in [1.165, 1.54) is 31.4 Å². The number of nitro groups is 1. The van der Waals surface area contributed by atoms with Crippen LogP contribution in [0.3, 0.4) is 0 Å². The predicted molar refractivity (Wildman–Crippen MR) is 86.6 cm³/mol. The van der Waals surface area contributed by atoms with Crippen LogP contribution in [0.5, 0.6) is 0 Å². The fraction of sp³-hybridized carbons (Fsp3) is 0.562. The Bertz CT molecular complexity index is 561. The van der Waals surface area contributed by atoms with Gasteiger partial charge in [0.25, 0.3) is 5.69 Å². The number of carbonyl (C=O) groups is 1. The molecule has 0 heterocycles. The summed E-state index contributed by atoms with van der Waals surface area (Å²) in [4.78, 5) is 22.2. The van der Waals surface area contributed by atoms with Gasteiger partial charge in [-0.2, -0.15) is 0 Å². The lowest BCUT2D eigenvalue weighted by atomic mass is 9.95. The number of non-ortho nitro benzene ring substituents is 1. The molecule has 1 aromatic rings. The fourth-order valence-corrected chi connectivity index (χ4v) is 4.44. The van der Waals surface area contributed by atoms with Crippen molar-refractivity contribution in [3.8, 4) is 0 Å². The number of thioether (sulfide) groups is 1. The van der Waals surface area contributed by atoms with Crippen LogP contribution < -0.4 is 5.32 Å². The third kappa shape index (κ3) is 3.61. The fourth-order valence-electron chi connectivity index (χ4n) is 3.65. The maximum atomic E-state index is 12.0. The van der Waals surface area contributed by atoms with Crippen LogP contribution in [-0.2, 0) is 10.5 Å². The van der Waals surface area contributed by atoms with Crippen LogP contribution >= 0.6 is 11.8 Å². The van der Waals surface area contributed by atoms with Gasteiger partial charge in [0.05, 0.1) is 10.7 Å². The third-order valence-corrected chi connectivity index (χ3v) is 5.74. The molecule has 118 valence electrons. The minimum Gasteiger partial charge on any atom is -0.352 e. The predicted octanol–water partition coefficient (Wildman–Crippen LogP) is 3.13. The second kappa shape index (κ2) is 6.69. The standard InChI is InChI=1S/C16H20N2O3S/c19-16(17-15-8-12-1-4-13(15)7-12)10-22-9-11-2-5-14(6-3-11)18(20)21/h2-3,5-6,12-13,15H,1,4,7-10H2,(H,17,19)/t12-,13-,15+/m1/s1. The highest BCUT2D eigenvalue weighted by atomic mass is 32.2. The first-order valence-electron chi connectivity index (χ1n) is 7.72. The van der Waals surface area contributed by atoms with Crippen molar-refractivity contribution in [1.82, 2.24) is 5.32 Å². The van der Waals surface area contributed by atoms with Crippen molar-refractivity contribution in [3.05, 3.63) is 39.9 Å². The van der Waals surface area contributed by atoms with Crippen molar-refractivity contribution < 1.29 is 9.72 Å². The first-order valence-corrected chi connectivity index (χ1v) is 8.87. The molecule has 3 atom stereocenters. The molecule has 22 heavy (non-hydrogen) atoms. The molecule has 0 saturated heterocycles. The Labute approximate surface area is 134 Å². The summed E-state index contributed by atoms with van der Waals surface area (Å²) in [5, 5.41) is 13.8. The monoisotopic (exact) mass is 320 g/mol. The summed E-state index contributed by atoms with van der Waals surface area (Å²) >= 11 is 1.55. The van der Waals surface area contributed by atoms with Gasteiger partial charge in [-0.05, 0) is 36.7 Å². The van der Waals surface area contributed by atoms with Crippen molar-refractivity contribution in [2.45, 2.75) is 37.5 Å². The highest BCUT2D eigenvalue weighted by Crippen LogP contribution is 2.44. The number of rotatable bonds is 6. The molecule has 0 unspecified atom stereocenters. The first-order chi connectivity index (χ1) is 10.6. The Balaban J connectivity index is 1.39. The maximum Gasteiger partial charge on any atom is 0.269 e. The molecule has 2 saturated carbocycles. The van der Waals surface area contributed by atoms with Crippen LogP contribution in [0.15, 0.2) is 24.3 Å². The molecule has 1 N–H and O–H groups in total. The maximum absolute atomic E-state index is 12.0. The van der Waals surface area contributed by atoms with Crippen LogP contribution in [0.25, 0.3) is 0 Å². The number of fused-ring (bicyclic) bond motifs is 2. The second-order valence-electron chi connectivity index (χ2n) is 6.27. The first kappa shape index (κ1) is 15.3. The number of nitrogens with zero attached hydrogens (tertiary/aromatic N) is 1. The SMILES string of the molecule is O=C(CSCc1ccc([N+](=O)[O-])cc1)N[C@H]1C[C@@H]2CC[C@@H]1C2. The van der Waals surface area contributed by atoms with Gasteiger partial charge in [-0.25, -0.2) is 0 Å². The molecule has 1 amide bonds. The van der Waals surface area contributed by atoms with E-state index in [0.29, 0.717) is 23.5 Å². The second-order valence-corrected chi connectivity index (χ2v) is 7.25. The number of hydrogen-bond acceptors (Lipinski definition) is 4. The van der Waals surface area contributed by atoms with Crippen LogP contribution in [0.1, 0.15) is 31.2 Å². The van der Waals surface area contributed by atoms with Gasteiger partial charge in [0.2, 0.25) is 5.91 Å². The molecule has 3 rings (SSSR count). The Morgan fingerprint density at radius 2 is 2.05 bits per heavy atom. The summed E-state index contributed by atoms with van der Waals surface area (Å²) in [6.45, 7) is 0. The van der Waals surface area contributed by atoms with Gasteiger partial charge in [-0.15, -0.1) is 11.8 Å². The number of amides is 1. The topological polar surface area (TPSA) is 72.2 Å². The van der Waals surface area contributed by atoms with Crippen molar-refractivity contribution in [2.75, 3.05) is 5.75 Å².